The Morgan fingerprint density at radius 2 is 2.00 bits per heavy atom. The minimum absolute atomic E-state index is 0.0875. The topological polar surface area (TPSA) is 111 Å². The quantitative estimate of drug-likeness (QED) is 0.739. The van der Waals surface area contributed by atoms with Crippen LogP contribution < -0.4 is 10.9 Å². The second kappa shape index (κ2) is 5.98. The van der Waals surface area contributed by atoms with Crippen LogP contribution >= 0.6 is 0 Å². The second-order valence-corrected chi connectivity index (χ2v) is 7.19. The number of carbonyl (C=O) groups excluding carboxylic acids is 3. The average molecular weight is 348 g/mol. The Bertz CT molecular complexity index is 808. The summed E-state index contributed by atoms with van der Waals surface area (Å²) in [5.74, 6) is -0.860. The summed E-state index contributed by atoms with van der Waals surface area (Å²) >= 11 is 0. The van der Waals surface area contributed by atoms with E-state index in [1.54, 1.807) is 20.8 Å². The minimum Gasteiger partial charge on any atom is -0.444 e. The van der Waals surface area contributed by atoms with E-state index < -0.39 is 23.6 Å². The maximum Gasteiger partial charge on any atom is 0.410 e. The lowest BCUT2D eigenvalue weighted by Gasteiger charge is -2.24. The number of hydrogen-bond donors (Lipinski definition) is 1. The van der Waals surface area contributed by atoms with Gasteiger partial charge in [-0.3, -0.25) is 29.2 Å². The van der Waals surface area contributed by atoms with Crippen LogP contribution in [0.2, 0.25) is 0 Å². The predicted octanol–water partition coefficient (Wildman–Crippen LogP) is 0.472. The van der Waals surface area contributed by atoms with Gasteiger partial charge in [0.2, 0.25) is 11.8 Å². The zero-order valence-electron chi connectivity index (χ0n) is 14.4. The van der Waals surface area contributed by atoms with E-state index in [-0.39, 0.29) is 37.4 Å². The van der Waals surface area contributed by atoms with Crippen molar-refractivity contribution in [2.24, 2.45) is 0 Å². The van der Waals surface area contributed by atoms with Crippen LogP contribution in [0.3, 0.4) is 0 Å². The summed E-state index contributed by atoms with van der Waals surface area (Å²) in [6.07, 6.45) is 1.21. The Labute approximate surface area is 144 Å². The summed E-state index contributed by atoms with van der Waals surface area (Å²) in [5, 5.41) is 2.23. The van der Waals surface area contributed by atoms with Crippen LogP contribution in [-0.2, 0) is 27.4 Å². The number of imide groups is 1. The largest absolute Gasteiger partial charge is 0.444 e. The molecule has 1 aromatic heterocycles. The van der Waals surface area contributed by atoms with Gasteiger partial charge in [0.15, 0.2) is 0 Å². The van der Waals surface area contributed by atoms with E-state index >= 15 is 0 Å². The van der Waals surface area contributed by atoms with E-state index in [2.05, 4.69) is 10.3 Å². The highest BCUT2D eigenvalue weighted by molar-refractivity contribution is 5.99. The summed E-state index contributed by atoms with van der Waals surface area (Å²) in [6.45, 7) is 5.58. The van der Waals surface area contributed by atoms with Crippen LogP contribution in [-0.4, -0.2) is 38.0 Å². The molecule has 1 unspecified atom stereocenters. The summed E-state index contributed by atoms with van der Waals surface area (Å²) < 4.78 is 6.55. The van der Waals surface area contributed by atoms with Gasteiger partial charge in [-0.25, -0.2) is 9.78 Å². The van der Waals surface area contributed by atoms with Crippen LogP contribution in [0.15, 0.2) is 11.1 Å². The molecule has 3 amide bonds. The van der Waals surface area contributed by atoms with Gasteiger partial charge < -0.3 is 4.74 Å². The molecule has 134 valence electrons. The van der Waals surface area contributed by atoms with Crippen molar-refractivity contribution in [2.75, 3.05) is 0 Å². The number of carbonyl (C=O) groups is 3. The second-order valence-electron chi connectivity index (χ2n) is 7.19. The van der Waals surface area contributed by atoms with Crippen LogP contribution in [0.5, 0.6) is 0 Å². The van der Waals surface area contributed by atoms with E-state index in [1.165, 1.54) is 15.8 Å². The molecule has 1 atom stereocenters. The van der Waals surface area contributed by atoms with Crippen molar-refractivity contribution in [3.8, 4) is 0 Å². The number of piperidine rings is 1. The standard InChI is InChI=1S/C16H20N4O5/c1-16(2,3)25-15(24)19-6-9-10(7-19)17-8-20(14(9)23)11-4-5-12(21)18-13(11)22/h8,11H,4-7H2,1-3H3,(H,18,21,22). The number of amides is 3. The lowest BCUT2D eigenvalue weighted by atomic mass is 10.1. The van der Waals surface area contributed by atoms with Gasteiger partial charge in [0, 0.05) is 6.42 Å². The molecular formula is C16H20N4O5. The van der Waals surface area contributed by atoms with Crippen LogP contribution in [0.25, 0.3) is 0 Å². The van der Waals surface area contributed by atoms with Crippen molar-refractivity contribution < 1.29 is 19.1 Å². The average Bonchev–Trinajstić information content (AvgIpc) is 2.92. The van der Waals surface area contributed by atoms with Gasteiger partial charge in [-0.05, 0) is 27.2 Å². The molecule has 0 bridgehead atoms. The highest BCUT2D eigenvalue weighted by Crippen LogP contribution is 2.22. The number of rotatable bonds is 1. The van der Waals surface area contributed by atoms with E-state index in [9.17, 15) is 19.2 Å². The molecule has 3 rings (SSSR count). The fourth-order valence-electron chi connectivity index (χ4n) is 2.89. The van der Waals surface area contributed by atoms with Crippen molar-refractivity contribution in [2.45, 2.75) is 58.3 Å². The summed E-state index contributed by atoms with van der Waals surface area (Å²) in [7, 11) is 0. The van der Waals surface area contributed by atoms with Crippen molar-refractivity contribution >= 4 is 17.9 Å². The molecule has 2 aliphatic rings. The molecule has 0 aliphatic carbocycles. The van der Waals surface area contributed by atoms with Gasteiger partial charge in [0.05, 0.1) is 30.7 Å². The fraction of sp³-hybridized carbons (Fsp3) is 0.562. The molecule has 0 aromatic carbocycles. The van der Waals surface area contributed by atoms with Gasteiger partial charge >= 0.3 is 6.09 Å². The van der Waals surface area contributed by atoms with Gasteiger partial charge in [-0.15, -0.1) is 0 Å². The molecule has 0 radical (unpaired) electrons. The first kappa shape index (κ1) is 17.1. The number of fused-ring (bicyclic) bond motifs is 1. The Balaban J connectivity index is 1.83. The number of nitrogens with zero attached hydrogens (tertiary/aromatic N) is 3. The Morgan fingerprint density at radius 1 is 1.28 bits per heavy atom. The molecule has 2 aliphatic heterocycles. The van der Waals surface area contributed by atoms with Gasteiger partial charge in [-0.2, -0.15) is 0 Å². The lowest BCUT2D eigenvalue weighted by Crippen LogP contribution is -2.45. The molecule has 1 aromatic rings. The van der Waals surface area contributed by atoms with E-state index in [0.717, 1.165) is 0 Å². The normalized spacial score (nSPS) is 20.3. The Kier molecular flexibility index (Phi) is 4.09. The molecule has 1 N–H and O–H groups in total. The molecule has 1 saturated heterocycles. The summed E-state index contributed by atoms with van der Waals surface area (Å²) in [5.41, 5.74) is -0.130. The van der Waals surface area contributed by atoms with Gasteiger partial charge in [0.25, 0.3) is 5.56 Å². The van der Waals surface area contributed by atoms with E-state index in [0.29, 0.717) is 11.3 Å². The van der Waals surface area contributed by atoms with Gasteiger partial charge in [-0.1, -0.05) is 0 Å². The van der Waals surface area contributed by atoms with Crippen LogP contribution in [0, 0.1) is 0 Å². The first-order valence-electron chi connectivity index (χ1n) is 8.06. The van der Waals surface area contributed by atoms with Crippen LogP contribution in [0.1, 0.15) is 50.9 Å². The molecule has 0 spiro atoms. The summed E-state index contributed by atoms with van der Waals surface area (Å²) in [6, 6.07) is -0.765. The SMILES string of the molecule is CC(C)(C)OC(=O)N1Cc2ncn(C3CCC(=O)NC3=O)c(=O)c2C1. The van der Waals surface area contributed by atoms with Crippen molar-refractivity contribution in [3.63, 3.8) is 0 Å². The maximum atomic E-state index is 12.7. The number of nitrogens with one attached hydrogen (secondary N) is 1. The number of hydrogen-bond acceptors (Lipinski definition) is 6. The third kappa shape index (κ3) is 3.40. The van der Waals surface area contributed by atoms with E-state index in [4.69, 9.17) is 4.74 Å². The highest BCUT2D eigenvalue weighted by atomic mass is 16.6. The maximum absolute atomic E-state index is 12.7. The molecule has 1 fully saturated rings. The zero-order chi connectivity index (χ0) is 18.4. The minimum atomic E-state index is -0.765. The Morgan fingerprint density at radius 3 is 2.64 bits per heavy atom. The zero-order valence-corrected chi connectivity index (χ0v) is 14.4. The third-order valence-electron chi connectivity index (χ3n) is 4.07. The monoisotopic (exact) mass is 348 g/mol. The number of aromatic nitrogens is 2. The lowest BCUT2D eigenvalue weighted by molar-refractivity contribution is -0.135. The third-order valence-corrected chi connectivity index (χ3v) is 4.07. The fourth-order valence-corrected chi connectivity index (χ4v) is 2.89. The molecule has 9 heteroatoms. The van der Waals surface area contributed by atoms with Crippen molar-refractivity contribution in [3.05, 3.63) is 27.9 Å². The van der Waals surface area contributed by atoms with E-state index in [1.807, 2.05) is 0 Å². The molecule has 25 heavy (non-hydrogen) atoms. The summed E-state index contributed by atoms with van der Waals surface area (Å²) in [4.78, 5) is 53.8. The predicted molar refractivity (Wildman–Crippen MR) is 85.4 cm³/mol. The molecule has 3 heterocycles. The number of ether oxygens (including phenoxy) is 1. The smallest absolute Gasteiger partial charge is 0.410 e. The van der Waals surface area contributed by atoms with Gasteiger partial charge in [0.1, 0.15) is 11.6 Å². The first-order chi connectivity index (χ1) is 11.7. The Hall–Kier alpha value is -2.71. The van der Waals surface area contributed by atoms with Crippen molar-refractivity contribution in [1.29, 1.82) is 0 Å². The molecule has 9 nitrogen and oxygen atoms in total. The van der Waals surface area contributed by atoms with Crippen molar-refractivity contribution in [1.82, 2.24) is 19.8 Å². The first-order valence-corrected chi connectivity index (χ1v) is 8.06. The molecule has 0 saturated carbocycles. The van der Waals surface area contributed by atoms with Crippen LogP contribution in [0.4, 0.5) is 4.79 Å². The highest BCUT2D eigenvalue weighted by Gasteiger charge is 2.34. The molecular weight excluding hydrogens is 328 g/mol.